The second-order valence-electron chi connectivity index (χ2n) is 4.96. The van der Waals surface area contributed by atoms with Gasteiger partial charge in [-0.2, -0.15) is 5.26 Å². The summed E-state index contributed by atoms with van der Waals surface area (Å²) in [6.07, 6.45) is 0. The number of rotatable bonds is 4. The van der Waals surface area contributed by atoms with Crippen molar-refractivity contribution in [1.82, 2.24) is 4.98 Å². The maximum Gasteiger partial charge on any atom is 0.266 e. The number of nitrogens with zero attached hydrogens (tertiary/aromatic N) is 1. The lowest BCUT2D eigenvalue weighted by molar-refractivity contribution is 0.404. The van der Waals surface area contributed by atoms with Gasteiger partial charge in [0, 0.05) is 11.1 Å². The van der Waals surface area contributed by atoms with E-state index in [4.69, 9.17) is 9.47 Å². The molecule has 0 atom stereocenters. The predicted octanol–water partition coefficient (Wildman–Crippen LogP) is 3.66. The maximum atomic E-state index is 12.4. The molecule has 0 spiro atoms. The monoisotopic (exact) mass is 338 g/mol. The van der Waals surface area contributed by atoms with Crippen molar-refractivity contribution in [3.05, 3.63) is 57.7 Å². The first-order valence-electron chi connectivity index (χ1n) is 7.11. The quantitative estimate of drug-likeness (QED) is 0.788. The Kier molecular flexibility index (Phi) is 4.36. The van der Waals surface area contributed by atoms with Crippen molar-refractivity contribution in [3.8, 4) is 39.3 Å². The first-order chi connectivity index (χ1) is 11.7. The van der Waals surface area contributed by atoms with Crippen LogP contribution in [0.2, 0.25) is 0 Å². The van der Waals surface area contributed by atoms with Crippen LogP contribution in [0, 0.1) is 11.3 Å². The Hall–Kier alpha value is -3.04. The third kappa shape index (κ3) is 2.77. The highest BCUT2D eigenvalue weighted by molar-refractivity contribution is 7.13. The highest BCUT2D eigenvalue weighted by Gasteiger charge is 2.17. The van der Waals surface area contributed by atoms with Crippen LogP contribution >= 0.6 is 11.3 Å². The minimum atomic E-state index is -0.428. The minimum absolute atomic E-state index is 0.0434. The second kappa shape index (κ2) is 6.60. The lowest BCUT2D eigenvalue weighted by Crippen LogP contribution is -2.12. The minimum Gasteiger partial charge on any atom is -0.497 e. The lowest BCUT2D eigenvalue weighted by Gasteiger charge is -2.12. The van der Waals surface area contributed by atoms with E-state index in [1.807, 2.05) is 23.6 Å². The van der Waals surface area contributed by atoms with Gasteiger partial charge in [0.1, 0.15) is 23.1 Å². The van der Waals surface area contributed by atoms with E-state index in [9.17, 15) is 10.1 Å². The SMILES string of the molecule is COc1ccc(OC)c(-c2cc(-c3cccs3)[nH]c(=O)c2C#N)c1. The highest BCUT2D eigenvalue weighted by Crippen LogP contribution is 2.36. The molecule has 3 rings (SSSR count). The third-order valence-electron chi connectivity index (χ3n) is 3.63. The Bertz CT molecular complexity index is 969. The molecule has 2 heterocycles. The van der Waals surface area contributed by atoms with Crippen LogP contribution in [0.1, 0.15) is 5.56 Å². The zero-order chi connectivity index (χ0) is 17.1. The number of thiophene rings is 1. The van der Waals surface area contributed by atoms with Crippen molar-refractivity contribution in [3.63, 3.8) is 0 Å². The van der Waals surface area contributed by atoms with Crippen LogP contribution in [-0.4, -0.2) is 19.2 Å². The number of aromatic amines is 1. The molecule has 0 saturated heterocycles. The van der Waals surface area contributed by atoms with Gasteiger partial charge in [0.15, 0.2) is 0 Å². The summed E-state index contributed by atoms with van der Waals surface area (Å²) in [7, 11) is 3.11. The van der Waals surface area contributed by atoms with Crippen molar-refractivity contribution >= 4 is 11.3 Å². The summed E-state index contributed by atoms with van der Waals surface area (Å²) in [6, 6.07) is 12.9. The van der Waals surface area contributed by atoms with E-state index >= 15 is 0 Å². The Morgan fingerprint density at radius 1 is 1.12 bits per heavy atom. The molecule has 0 aliphatic carbocycles. The van der Waals surface area contributed by atoms with Gasteiger partial charge in [-0.05, 0) is 35.7 Å². The van der Waals surface area contributed by atoms with Gasteiger partial charge < -0.3 is 14.5 Å². The molecule has 24 heavy (non-hydrogen) atoms. The summed E-state index contributed by atoms with van der Waals surface area (Å²) >= 11 is 1.51. The first kappa shape index (κ1) is 15.8. The molecule has 6 heteroatoms. The number of hydrogen-bond donors (Lipinski definition) is 1. The number of ether oxygens (including phenoxy) is 2. The number of nitriles is 1. The number of pyridine rings is 1. The van der Waals surface area contributed by atoms with Crippen LogP contribution in [0.5, 0.6) is 11.5 Å². The maximum absolute atomic E-state index is 12.4. The van der Waals surface area contributed by atoms with Crippen molar-refractivity contribution in [2.75, 3.05) is 14.2 Å². The van der Waals surface area contributed by atoms with Crippen LogP contribution in [0.25, 0.3) is 21.7 Å². The first-order valence-corrected chi connectivity index (χ1v) is 7.99. The smallest absolute Gasteiger partial charge is 0.266 e. The largest absolute Gasteiger partial charge is 0.497 e. The summed E-state index contributed by atoms with van der Waals surface area (Å²) in [6.45, 7) is 0. The predicted molar refractivity (Wildman–Crippen MR) is 93.6 cm³/mol. The van der Waals surface area contributed by atoms with Crippen molar-refractivity contribution in [1.29, 1.82) is 5.26 Å². The molecule has 0 radical (unpaired) electrons. The number of hydrogen-bond acceptors (Lipinski definition) is 5. The van der Waals surface area contributed by atoms with Gasteiger partial charge in [0.05, 0.1) is 24.8 Å². The van der Waals surface area contributed by atoms with Gasteiger partial charge in [-0.15, -0.1) is 11.3 Å². The molecule has 120 valence electrons. The van der Waals surface area contributed by atoms with Gasteiger partial charge >= 0.3 is 0 Å². The molecule has 5 nitrogen and oxygen atoms in total. The summed E-state index contributed by atoms with van der Waals surface area (Å²) in [5, 5.41) is 11.4. The normalized spacial score (nSPS) is 10.2. The van der Waals surface area contributed by atoms with Crippen LogP contribution in [-0.2, 0) is 0 Å². The second-order valence-corrected chi connectivity index (χ2v) is 5.90. The van der Waals surface area contributed by atoms with Crippen molar-refractivity contribution in [2.24, 2.45) is 0 Å². The van der Waals surface area contributed by atoms with E-state index in [-0.39, 0.29) is 5.56 Å². The van der Waals surface area contributed by atoms with Gasteiger partial charge in [-0.1, -0.05) is 6.07 Å². The molecule has 0 fully saturated rings. The van der Waals surface area contributed by atoms with Gasteiger partial charge in [0.2, 0.25) is 0 Å². The van der Waals surface area contributed by atoms with Crippen LogP contribution in [0.3, 0.4) is 0 Å². The Balaban J connectivity index is 2.31. The molecule has 1 N–H and O–H groups in total. The Morgan fingerprint density at radius 3 is 2.58 bits per heavy atom. The fourth-order valence-electron chi connectivity index (χ4n) is 2.47. The van der Waals surface area contributed by atoms with Gasteiger partial charge in [-0.3, -0.25) is 4.79 Å². The fourth-order valence-corrected chi connectivity index (χ4v) is 3.17. The summed E-state index contributed by atoms with van der Waals surface area (Å²) in [4.78, 5) is 16.1. The standard InChI is InChI=1S/C18H14N2O3S/c1-22-11-5-6-16(23-2)13(8-11)12-9-15(17-4-3-7-24-17)20-18(21)14(12)10-19/h3-9H,1-2H3,(H,20,21). The van der Waals surface area contributed by atoms with Crippen LogP contribution < -0.4 is 15.0 Å². The molecule has 3 aromatic rings. The zero-order valence-electron chi connectivity index (χ0n) is 13.1. The molecule has 0 aliphatic rings. The van der Waals surface area contributed by atoms with Crippen molar-refractivity contribution in [2.45, 2.75) is 0 Å². The van der Waals surface area contributed by atoms with E-state index in [0.29, 0.717) is 28.3 Å². The summed E-state index contributed by atoms with van der Waals surface area (Å²) in [5.74, 6) is 1.18. The average Bonchev–Trinajstić information content (AvgIpc) is 3.15. The van der Waals surface area contributed by atoms with E-state index in [0.717, 1.165) is 4.88 Å². The van der Waals surface area contributed by atoms with E-state index < -0.39 is 5.56 Å². The fraction of sp³-hybridized carbons (Fsp3) is 0.111. The molecular formula is C18H14N2O3S. The number of benzene rings is 1. The number of methoxy groups -OCH3 is 2. The average molecular weight is 338 g/mol. The van der Waals surface area contributed by atoms with Gasteiger partial charge in [0.25, 0.3) is 5.56 Å². The van der Waals surface area contributed by atoms with E-state index in [1.165, 1.54) is 11.3 Å². The summed E-state index contributed by atoms with van der Waals surface area (Å²) < 4.78 is 10.7. The number of H-pyrrole nitrogens is 1. The molecule has 0 unspecified atom stereocenters. The topological polar surface area (TPSA) is 75.1 Å². The van der Waals surface area contributed by atoms with E-state index in [1.54, 1.807) is 38.5 Å². The molecule has 1 aromatic carbocycles. The molecule has 0 saturated carbocycles. The van der Waals surface area contributed by atoms with Gasteiger partial charge in [-0.25, -0.2) is 0 Å². The number of aromatic nitrogens is 1. The molecule has 0 amide bonds. The third-order valence-corrected chi connectivity index (χ3v) is 4.53. The van der Waals surface area contributed by atoms with Crippen molar-refractivity contribution < 1.29 is 9.47 Å². The molecular weight excluding hydrogens is 324 g/mol. The Labute approximate surface area is 142 Å². The Morgan fingerprint density at radius 2 is 1.96 bits per heavy atom. The summed E-state index contributed by atoms with van der Waals surface area (Å²) in [5.41, 5.74) is 1.43. The molecule has 0 aliphatic heterocycles. The van der Waals surface area contributed by atoms with Crippen LogP contribution in [0.15, 0.2) is 46.6 Å². The molecule has 2 aromatic heterocycles. The number of nitrogens with one attached hydrogen (secondary N) is 1. The van der Waals surface area contributed by atoms with Crippen LogP contribution in [0.4, 0.5) is 0 Å². The van der Waals surface area contributed by atoms with E-state index in [2.05, 4.69) is 4.98 Å². The zero-order valence-corrected chi connectivity index (χ0v) is 13.9. The highest BCUT2D eigenvalue weighted by atomic mass is 32.1. The molecule has 0 bridgehead atoms. The lowest BCUT2D eigenvalue weighted by atomic mass is 9.99.